The zero-order valence-electron chi connectivity index (χ0n) is 8.80. The predicted octanol–water partition coefficient (Wildman–Crippen LogP) is 1.21. The zero-order chi connectivity index (χ0) is 11.0. The van der Waals surface area contributed by atoms with Crippen molar-refractivity contribution in [2.24, 2.45) is 0 Å². The van der Waals surface area contributed by atoms with E-state index in [1.807, 2.05) is 4.57 Å². The first-order chi connectivity index (χ1) is 7.90. The van der Waals surface area contributed by atoms with Gasteiger partial charge in [0.15, 0.2) is 5.65 Å². The second-order valence-electron chi connectivity index (χ2n) is 3.91. The summed E-state index contributed by atoms with van der Waals surface area (Å²) in [5.41, 5.74) is 3.85. The molecule has 0 fully saturated rings. The van der Waals surface area contributed by atoms with Crippen LogP contribution in [0.4, 0.5) is 0 Å². The van der Waals surface area contributed by atoms with Crippen LogP contribution in [0.3, 0.4) is 0 Å². The number of rotatable bonds is 2. The van der Waals surface area contributed by atoms with E-state index in [1.165, 1.54) is 6.33 Å². The monoisotopic (exact) mass is 216 g/mol. The third-order valence-corrected chi connectivity index (χ3v) is 2.99. The number of hydrogen-bond acceptors (Lipinski definition) is 4. The van der Waals surface area contributed by atoms with E-state index in [9.17, 15) is 5.11 Å². The molecule has 82 valence electrons. The maximum Gasteiger partial charge on any atom is 0.167 e. The molecule has 0 aromatic carbocycles. The molecule has 5 heteroatoms. The summed E-state index contributed by atoms with van der Waals surface area (Å²) in [5.74, 6) is 0. The molecular weight excluding hydrogens is 204 g/mol. The number of imidazole rings is 1. The second-order valence-corrected chi connectivity index (χ2v) is 3.91. The van der Waals surface area contributed by atoms with E-state index < -0.39 is 0 Å². The van der Waals surface area contributed by atoms with Crippen LogP contribution in [-0.4, -0.2) is 31.2 Å². The molecule has 2 aromatic heterocycles. The Morgan fingerprint density at radius 2 is 2.25 bits per heavy atom. The van der Waals surface area contributed by atoms with Crippen LogP contribution in [0.25, 0.3) is 16.9 Å². The molecular formula is C11H12N4O. The number of aliphatic hydroxyl groups is 1. The lowest BCUT2D eigenvalue weighted by molar-refractivity contribution is 0.328. The Morgan fingerprint density at radius 3 is 3.12 bits per heavy atom. The van der Waals surface area contributed by atoms with Gasteiger partial charge >= 0.3 is 0 Å². The molecule has 0 radical (unpaired) electrons. The number of nitrogens with zero attached hydrogens (tertiary/aromatic N) is 4. The smallest absolute Gasteiger partial charge is 0.167 e. The van der Waals surface area contributed by atoms with Crippen molar-refractivity contribution in [2.45, 2.75) is 19.3 Å². The van der Waals surface area contributed by atoms with Crippen molar-refractivity contribution in [3.63, 3.8) is 0 Å². The van der Waals surface area contributed by atoms with Gasteiger partial charge in [0.25, 0.3) is 0 Å². The van der Waals surface area contributed by atoms with Crippen LogP contribution in [-0.2, 0) is 0 Å². The summed E-state index contributed by atoms with van der Waals surface area (Å²) in [6.45, 7) is 0.125. The molecule has 1 aliphatic carbocycles. The molecule has 0 atom stereocenters. The fourth-order valence-corrected chi connectivity index (χ4v) is 2.22. The molecule has 0 amide bonds. The molecule has 0 spiro atoms. The van der Waals surface area contributed by atoms with Crippen molar-refractivity contribution in [3.05, 3.63) is 24.4 Å². The van der Waals surface area contributed by atoms with Gasteiger partial charge < -0.3 is 5.11 Å². The Kier molecular flexibility index (Phi) is 2.18. The highest BCUT2D eigenvalue weighted by Crippen LogP contribution is 2.30. The first-order valence-electron chi connectivity index (χ1n) is 5.35. The van der Waals surface area contributed by atoms with Crippen molar-refractivity contribution in [2.75, 3.05) is 6.61 Å². The summed E-state index contributed by atoms with van der Waals surface area (Å²) in [6, 6.07) is 0. The van der Waals surface area contributed by atoms with Crippen molar-refractivity contribution >= 4 is 16.9 Å². The summed E-state index contributed by atoms with van der Waals surface area (Å²) >= 11 is 0. The molecule has 2 heterocycles. The topological polar surface area (TPSA) is 63.8 Å². The highest BCUT2D eigenvalue weighted by atomic mass is 16.3. The van der Waals surface area contributed by atoms with E-state index in [0.717, 1.165) is 41.7 Å². The summed E-state index contributed by atoms with van der Waals surface area (Å²) in [4.78, 5) is 12.4. The lowest BCUT2D eigenvalue weighted by Gasteiger charge is -2.06. The van der Waals surface area contributed by atoms with Gasteiger partial charge in [0, 0.05) is 5.70 Å². The van der Waals surface area contributed by atoms with Gasteiger partial charge in [0.2, 0.25) is 0 Å². The predicted molar refractivity (Wildman–Crippen MR) is 59.5 cm³/mol. The molecule has 1 N–H and O–H groups in total. The van der Waals surface area contributed by atoms with Crippen molar-refractivity contribution in [1.29, 1.82) is 0 Å². The minimum atomic E-state index is 0.125. The summed E-state index contributed by atoms with van der Waals surface area (Å²) in [7, 11) is 0. The summed E-state index contributed by atoms with van der Waals surface area (Å²) < 4.78 is 1.97. The van der Waals surface area contributed by atoms with Gasteiger partial charge in [-0.25, -0.2) is 15.0 Å². The van der Waals surface area contributed by atoms with Gasteiger partial charge in [0.1, 0.15) is 18.2 Å². The van der Waals surface area contributed by atoms with Gasteiger partial charge in [-0.3, -0.25) is 4.57 Å². The first-order valence-corrected chi connectivity index (χ1v) is 5.35. The fraction of sp³-hybridized carbons (Fsp3) is 0.364. The van der Waals surface area contributed by atoms with Crippen LogP contribution in [0, 0.1) is 0 Å². The van der Waals surface area contributed by atoms with Crippen LogP contribution in [0.1, 0.15) is 19.3 Å². The third-order valence-electron chi connectivity index (χ3n) is 2.99. The molecule has 0 bridgehead atoms. The van der Waals surface area contributed by atoms with Gasteiger partial charge in [-0.15, -0.1) is 0 Å². The molecule has 0 aliphatic heterocycles. The van der Waals surface area contributed by atoms with E-state index in [1.54, 1.807) is 12.5 Å². The lowest BCUT2D eigenvalue weighted by atomic mass is 10.2. The van der Waals surface area contributed by atoms with E-state index in [4.69, 9.17) is 0 Å². The second kappa shape index (κ2) is 3.68. The highest BCUT2D eigenvalue weighted by Gasteiger charge is 2.17. The number of fused-ring (bicyclic) bond motifs is 1. The van der Waals surface area contributed by atoms with Crippen LogP contribution in [0.2, 0.25) is 0 Å². The molecule has 0 saturated carbocycles. The maximum atomic E-state index is 9.28. The van der Waals surface area contributed by atoms with Crippen LogP contribution in [0.5, 0.6) is 0 Å². The van der Waals surface area contributed by atoms with Gasteiger partial charge in [-0.1, -0.05) is 0 Å². The van der Waals surface area contributed by atoms with Crippen molar-refractivity contribution in [1.82, 2.24) is 19.5 Å². The van der Waals surface area contributed by atoms with Crippen LogP contribution >= 0.6 is 0 Å². The maximum absolute atomic E-state index is 9.28. The fourth-order valence-electron chi connectivity index (χ4n) is 2.22. The Hall–Kier alpha value is -1.75. The molecule has 0 saturated heterocycles. The average molecular weight is 216 g/mol. The summed E-state index contributed by atoms with van der Waals surface area (Å²) in [5, 5.41) is 9.28. The SMILES string of the molecule is OCC1=C(n2cnc3cncnc32)CCC1. The Morgan fingerprint density at radius 1 is 1.31 bits per heavy atom. The van der Waals surface area contributed by atoms with E-state index in [0.29, 0.717) is 0 Å². The van der Waals surface area contributed by atoms with E-state index >= 15 is 0 Å². The summed E-state index contributed by atoms with van der Waals surface area (Å²) in [6.07, 6.45) is 8.02. The number of aromatic nitrogens is 4. The van der Waals surface area contributed by atoms with Crippen molar-refractivity contribution in [3.8, 4) is 0 Å². The molecule has 0 unspecified atom stereocenters. The largest absolute Gasteiger partial charge is 0.392 e. The standard InChI is InChI=1S/C11H12N4O/c16-5-8-2-1-3-10(8)15-7-14-9-4-12-6-13-11(9)15/h4,6-7,16H,1-3,5H2. The molecule has 2 aromatic rings. The van der Waals surface area contributed by atoms with Gasteiger partial charge in [0.05, 0.1) is 12.8 Å². The average Bonchev–Trinajstić information content (AvgIpc) is 2.94. The molecule has 16 heavy (non-hydrogen) atoms. The third kappa shape index (κ3) is 1.32. The Balaban J connectivity index is 2.19. The molecule has 1 aliphatic rings. The lowest BCUT2D eigenvalue weighted by Crippen LogP contribution is -1.99. The van der Waals surface area contributed by atoms with Crippen LogP contribution < -0.4 is 0 Å². The molecule has 5 nitrogen and oxygen atoms in total. The minimum absolute atomic E-state index is 0.125. The van der Waals surface area contributed by atoms with Gasteiger partial charge in [-0.2, -0.15) is 0 Å². The minimum Gasteiger partial charge on any atom is -0.392 e. The van der Waals surface area contributed by atoms with E-state index in [2.05, 4.69) is 15.0 Å². The number of allylic oxidation sites excluding steroid dienone is 1. The Bertz CT molecular complexity index is 558. The van der Waals surface area contributed by atoms with Gasteiger partial charge in [-0.05, 0) is 24.8 Å². The first kappa shape index (κ1) is 9.47. The quantitative estimate of drug-likeness (QED) is 0.819. The van der Waals surface area contributed by atoms with Crippen molar-refractivity contribution < 1.29 is 5.11 Å². The highest BCUT2D eigenvalue weighted by molar-refractivity contribution is 5.75. The Labute approximate surface area is 92.5 Å². The number of aliphatic hydroxyl groups excluding tert-OH is 1. The number of hydrogen-bond donors (Lipinski definition) is 1. The van der Waals surface area contributed by atoms with Crippen LogP contribution in [0.15, 0.2) is 24.4 Å². The van der Waals surface area contributed by atoms with E-state index in [-0.39, 0.29) is 6.61 Å². The zero-order valence-corrected chi connectivity index (χ0v) is 8.80. The normalized spacial score (nSPS) is 16.3. The molecule has 3 rings (SSSR count).